The smallest absolute Gasteiger partial charge is 0.382 e. The van der Waals surface area contributed by atoms with E-state index in [1.165, 1.54) is 74.5 Å². The summed E-state index contributed by atoms with van der Waals surface area (Å²) in [7, 11) is -7.99. The summed E-state index contributed by atoms with van der Waals surface area (Å²) in [6.07, 6.45) is -4.95. The van der Waals surface area contributed by atoms with Gasteiger partial charge in [0.2, 0.25) is 0 Å². The molecule has 188 valence electrons. The molecule has 0 atom stereocenters. The van der Waals surface area contributed by atoms with Crippen molar-refractivity contribution in [2.24, 2.45) is 0 Å². The molecule has 0 aliphatic rings. The molecule has 0 amide bonds. The number of alkyl halides is 3. The van der Waals surface area contributed by atoms with E-state index in [4.69, 9.17) is 8.37 Å². The molecule has 0 heterocycles. The van der Waals surface area contributed by atoms with Crippen molar-refractivity contribution in [1.29, 1.82) is 0 Å². The summed E-state index contributed by atoms with van der Waals surface area (Å²) in [4.78, 5) is 0. The summed E-state index contributed by atoms with van der Waals surface area (Å²) >= 11 is 0. The second kappa shape index (κ2) is 9.90. The first-order valence-corrected chi connectivity index (χ1v) is 13.7. The van der Waals surface area contributed by atoms with Crippen LogP contribution in [0.5, 0.6) is 11.5 Å². The van der Waals surface area contributed by atoms with Crippen LogP contribution in [0, 0.1) is 0 Å². The third-order valence-corrected chi connectivity index (χ3v) is 7.63. The van der Waals surface area contributed by atoms with Crippen LogP contribution in [0.2, 0.25) is 0 Å². The molecule has 3 aromatic carbocycles. The topological polar surface area (TPSA) is 86.7 Å². The molecule has 0 aromatic heterocycles. The minimum absolute atomic E-state index is 0.168. The first-order chi connectivity index (χ1) is 16.3. The van der Waals surface area contributed by atoms with Crippen molar-refractivity contribution in [3.05, 3.63) is 95.6 Å². The van der Waals surface area contributed by atoms with Crippen molar-refractivity contribution in [2.45, 2.75) is 25.4 Å². The van der Waals surface area contributed by atoms with Crippen LogP contribution in [0.15, 0.2) is 78.9 Å². The van der Waals surface area contributed by atoms with E-state index in [2.05, 4.69) is 0 Å². The number of hydrogen-bond donors (Lipinski definition) is 0. The summed E-state index contributed by atoms with van der Waals surface area (Å²) in [6, 6.07) is 16.5. The first-order valence-electron chi connectivity index (χ1n) is 10.5. The molecule has 0 unspecified atom stereocenters. The highest BCUT2D eigenvalue weighted by Gasteiger charge is 2.58. The summed E-state index contributed by atoms with van der Waals surface area (Å²) < 4.78 is 103. The normalized spacial score (nSPS) is 12.8. The van der Waals surface area contributed by atoms with E-state index in [-0.39, 0.29) is 39.7 Å². The van der Waals surface area contributed by atoms with Gasteiger partial charge >= 0.3 is 26.4 Å². The van der Waals surface area contributed by atoms with Crippen LogP contribution in [0.3, 0.4) is 0 Å². The van der Waals surface area contributed by atoms with Gasteiger partial charge in [-0.15, -0.1) is 0 Å². The van der Waals surface area contributed by atoms with Gasteiger partial charge in [0.1, 0.15) is 16.9 Å². The Labute approximate surface area is 202 Å². The molecule has 0 radical (unpaired) electrons. The Kier molecular flexibility index (Phi) is 7.51. The van der Waals surface area contributed by atoms with Gasteiger partial charge in [-0.05, 0) is 54.8 Å². The Balaban J connectivity index is 2.34. The Bertz CT molecular complexity index is 1310. The van der Waals surface area contributed by atoms with Crippen molar-refractivity contribution >= 4 is 20.2 Å². The van der Waals surface area contributed by atoms with Gasteiger partial charge < -0.3 is 8.37 Å². The molecular weight excluding hydrogens is 505 g/mol. The minimum Gasteiger partial charge on any atom is -0.382 e. The van der Waals surface area contributed by atoms with Gasteiger partial charge in [0.05, 0.1) is 11.5 Å². The molecule has 0 aliphatic heterocycles. The van der Waals surface area contributed by atoms with Crippen molar-refractivity contribution in [2.75, 3.05) is 11.5 Å². The molecule has 0 spiro atoms. The van der Waals surface area contributed by atoms with Crippen molar-refractivity contribution < 1.29 is 38.4 Å². The molecule has 0 aliphatic carbocycles. The monoisotopic (exact) mass is 528 g/mol. The Morgan fingerprint density at radius 3 is 1.40 bits per heavy atom. The van der Waals surface area contributed by atoms with Crippen molar-refractivity contribution in [3.63, 3.8) is 0 Å². The van der Waals surface area contributed by atoms with E-state index >= 15 is 13.2 Å². The van der Waals surface area contributed by atoms with E-state index in [0.717, 1.165) is 12.1 Å². The van der Waals surface area contributed by atoms with Gasteiger partial charge in [-0.3, -0.25) is 0 Å². The third kappa shape index (κ3) is 5.62. The Morgan fingerprint density at radius 2 is 1.03 bits per heavy atom. The highest BCUT2D eigenvalue weighted by atomic mass is 32.2. The van der Waals surface area contributed by atoms with E-state index < -0.39 is 31.8 Å². The highest BCUT2D eigenvalue weighted by Crippen LogP contribution is 2.52. The van der Waals surface area contributed by atoms with Crippen molar-refractivity contribution in [1.82, 2.24) is 0 Å². The third-order valence-electron chi connectivity index (χ3n) is 5.32. The lowest BCUT2D eigenvalue weighted by Crippen LogP contribution is -2.44. The second-order valence-corrected chi connectivity index (χ2v) is 11.2. The predicted molar refractivity (Wildman–Crippen MR) is 125 cm³/mol. The van der Waals surface area contributed by atoms with Crippen LogP contribution >= 0.6 is 0 Å². The maximum absolute atomic E-state index is 15.2. The molecule has 0 N–H and O–H groups in total. The van der Waals surface area contributed by atoms with Gasteiger partial charge in [-0.2, -0.15) is 30.0 Å². The van der Waals surface area contributed by atoms with Crippen molar-refractivity contribution in [3.8, 4) is 11.5 Å². The van der Waals surface area contributed by atoms with Gasteiger partial charge in [0.15, 0.2) is 0 Å². The van der Waals surface area contributed by atoms with E-state index in [1.807, 2.05) is 0 Å². The first kappa shape index (κ1) is 26.6. The highest BCUT2D eigenvalue weighted by molar-refractivity contribution is 7.87. The Morgan fingerprint density at radius 1 is 0.629 bits per heavy atom. The minimum atomic E-state index is -4.95. The fourth-order valence-corrected chi connectivity index (χ4v) is 4.68. The van der Waals surface area contributed by atoms with Gasteiger partial charge in [0.25, 0.3) is 0 Å². The molecule has 3 rings (SSSR count). The van der Waals surface area contributed by atoms with Gasteiger partial charge in [-0.25, -0.2) is 0 Å². The predicted octanol–water partition coefficient (Wildman–Crippen LogP) is 5.04. The largest absolute Gasteiger partial charge is 0.406 e. The number of benzene rings is 3. The van der Waals surface area contributed by atoms with E-state index in [0.29, 0.717) is 0 Å². The van der Waals surface area contributed by atoms with Crippen LogP contribution in [0.25, 0.3) is 0 Å². The lowest BCUT2D eigenvalue weighted by molar-refractivity contribution is -0.166. The lowest BCUT2D eigenvalue weighted by atomic mass is 9.68. The number of halogens is 3. The fraction of sp³-hybridized carbons (Fsp3) is 0.250. The molecular formula is C24H23F3O6S2. The molecule has 0 saturated heterocycles. The average Bonchev–Trinajstić information content (AvgIpc) is 2.79. The maximum atomic E-state index is 15.2. The van der Waals surface area contributed by atoms with Crippen LogP contribution in [-0.4, -0.2) is 34.5 Å². The fourth-order valence-electron chi connectivity index (χ4n) is 3.65. The van der Waals surface area contributed by atoms with Crippen LogP contribution in [-0.2, 0) is 25.7 Å². The molecule has 6 nitrogen and oxygen atoms in total. The zero-order valence-corrected chi connectivity index (χ0v) is 20.5. The quantitative estimate of drug-likeness (QED) is 0.286. The summed E-state index contributed by atoms with van der Waals surface area (Å²) in [6.45, 7) is 2.69. The lowest BCUT2D eigenvalue weighted by Gasteiger charge is -2.37. The SMILES string of the molecule is CCS(=O)(=O)Oc1cccc(C(c2ccccc2)(c2cccc(OS(=O)(=O)CC)c2)C(F)(F)F)c1. The summed E-state index contributed by atoms with van der Waals surface area (Å²) in [5.41, 5.74) is -3.62. The second-order valence-electron chi connectivity index (χ2n) is 7.53. The summed E-state index contributed by atoms with van der Waals surface area (Å²) in [5, 5.41) is 0. The molecule has 11 heteroatoms. The molecule has 0 bridgehead atoms. The number of rotatable bonds is 9. The maximum Gasteiger partial charge on any atom is 0.406 e. The van der Waals surface area contributed by atoms with Crippen LogP contribution in [0.1, 0.15) is 30.5 Å². The molecule has 35 heavy (non-hydrogen) atoms. The number of hydrogen-bond acceptors (Lipinski definition) is 6. The molecule has 0 fully saturated rings. The molecule has 0 saturated carbocycles. The zero-order chi connectivity index (χ0) is 25.9. The Hall–Kier alpha value is -3.05. The van der Waals surface area contributed by atoms with Crippen LogP contribution < -0.4 is 8.37 Å². The standard InChI is InChI=1S/C24H23F3O6S2/c1-3-34(28,29)32-21-14-8-12-19(16-21)23(24(25,26)27,18-10-6-5-7-11-18)20-13-9-15-22(17-20)33-35(30,31)4-2/h5-17H,3-4H2,1-2H3. The van der Waals surface area contributed by atoms with E-state index in [9.17, 15) is 16.8 Å². The molecule has 3 aromatic rings. The summed E-state index contributed by atoms with van der Waals surface area (Å²) in [5.74, 6) is -1.30. The van der Waals surface area contributed by atoms with Gasteiger partial charge in [0, 0.05) is 0 Å². The van der Waals surface area contributed by atoms with Gasteiger partial charge in [-0.1, -0.05) is 54.6 Å². The van der Waals surface area contributed by atoms with Crippen LogP contribution in [0.4, 0.5) is 13.2 Å². The zero-order valence-electron chi connectivity index (χ0n) is 18.8. The average molecular weight is 529 g/mol. The van der Waals surface area contributed by atoms with E-state index in [1.54, 1.807) is 6.07 Å².